The van der Waals surface area contributed by atoms with E-state index in [9.17, 15) is 9.18 Å². The molecule has 4 heteroatoms. The molecule has 2 aliphatic rings. The normalized spacial score (nSPS) is 25.6. The molecule has 1 saturated carbocycles. The zero-order chi connectivity index (χ0) is 12.6. The first-order valence-electron chi connectivity index (χ1n) is 6.32. The molecular weight excluding hydrogens is 235 g/mol. The van der Waals surface area contributed by atoms with Gasteiger partial charge in [0, 0.05) is 19.3 Å². The van der Waals surface area contributed by atoms with Gasteiger partial charge in [-0.15, -0.1) is 0 Å². The molecule has 2 fully saturated rings. The molecule has 0 aromatic heterocycles. The van der Waals surface area contributed by atoms with Gasteiger partial charge in [0.05, 0.1) is 0 Å². The third kappa shape index (κ3) is 2.12. The Bertz CT molecular complexity index is 449. The molecule has 1 aliphatic heterocycles. The minimum atomic E-state index is -0.665. The van der Waals surface area contributed by atoms with Gasteiger partial charge in [-0.2, -0.15) is 0 Å². The van der Waals surface area contributed by atoms with Crippen molar-refractivity contribution in [2.45, 2.75) is 44.0 Å². The first kappa shape index (κ1) is 11.7. The summed E-state index contributed by atoms with van der Waals surface area (Å²) in [5.41, 5.74) is 0.883. The van der Waals surface area contributed by atoms with Gasteiger partial charge in [-0.05, 0) is 30.5 Å². The molecule has 1 unspecified atom stereocenters. The fourth-order valence-corrected chi connectivity index (χ4v) is 2.67. The van der Waals surface area contributed by atoms with Crippen molar-refractivity contribution in [2.24, 2.45) is 0 Å². The Morgan fingerprint density at radius 2 is 1.89 bits per heavy atom. The fourth-order valence-electron chi connectivity index (χ4n) is 2.67. The molecule has 0 N–H and O–H groups in total. The van der Waals surface area contributed by atoms with Gasteiger partial charge in [0.25, 0.3) is 0 Å². The minimum absolute atomic E-state index is 0.277. The molecule has 0 radical (unpaired) electrons. The van der Waals surface area contributed by atoms with Crippen LogP contribution in [0.1, 0.15) is 31.2 Å². The lowest BCUT2D eigenvalue weighted by Gasteiger charge is -2.20. The molecule has 1 aromatic rings. The van der Waals surface area contributed by atoms with Crippen LogP contribution in [-0.4, -0.2) is 17.9 Å². The van der Waals surface area contributed by atoms with Gasteiger partial charge in [0.2, 0.25) is 5.79 Å². The number of ether oxygens (including phenoxy) is 2. The van der Waals surface area contributed by atoms with Crippen molar-refractivity contribution in [2.75, 3.05) is 0 Å². The summed E-state index contributed by atoms with van der Waals surface area (Å²) in [5, 5.41) is 0. The maximum Gasteiger partial charge on any atom is 0.338 e. The van der Waals surface area contributed by atoms with Gasteiger partial charge in [0.1, 0.15) is 5.82 Å². The number of carbonyl (C=O) groups excluding carboxylic acids is 1. The summed E-state index contributed by atoms with van der Waals surface area (Å²) in [6, 6.07) is 6.12. The molecule has 18 heavy (non-hydrogen) atoms. The number of esters is 1. The standard InChI is InChI=1S/C14H15FO3/c15-11-5-3-10(4-6-11)9-12-13(16)18-14(17-12)7-1-2-8-14/h3-6,12H,1-2,7-9H2. The molecule has 1 saturated heterocycles. The summed E-state index contributed by atoms with van der Waals surface area (Å²) in [6.07, 6.45) is 3.55. The Morgan fingerprint density at radius 3 is 2.56 bits per heavy atom. The van der Waals surface area contributed by atoms with Gasteiger partial charge in [-0.25, -0.2) is 9.18 Å². The predicted octanol–water partition coefficient (Wildman–Crippen LogP) is 2.58. The van der Waals surface area contributed by atoms with Gasteiger partial charge < -0.3 is 9.47 Å². The summed E-state index contributed by atoms with van der Waals surface area (Å²) in [7, 11) is 0. The van der Waals surface area contributed by atoms with Gasteiger partial charge in [-0.1, -0.05) is 12.1 Å². The highest BCUT2D eigenvalue weighted by molar-refractivity contribution is 5.77. The Kier molecular flexibility index (Phi) is 2.82. The SMILES string of the molecule is O=C1OC2(CCCC2)OC1Cc1ccc(F)cc1. The number of carbonyl (C=O) groups is 1. The number of hydrogen-bond donors (Lipinski definition) is 0. The second-order valence-electron chi connectivity index (χ2n) is 4.98. The molecule has 1 aromatic carbocycles. The van der Waals surface area contributed by atoms with Crippen molar-refractivity contribution in [3.63, 3.8) is 0 Å². The molecule has 96 valence electrons. The molecule has 1 spiro atoms. The predicted molar refractivity (Wildman–Crippen MR) is 62.3 cm³/mol. The smallest absolute Gasteiger partial charge is 0.338 e. The molecule has 1 aliphatic carbocycles. The lowest BCUT2D eigenvalue weighted by atomic mass is 10.1. The van der Waals surface area contributed by atoms with Crippen molar-refractivity contribution in [3.05, 3.63) is 35.6 Å². The lowest BCUT2D eigenvalue weighted by Crippen LogP contribution is -2.27. The quantitative estimate of drug-likeness (QED) is 0.757. The van der Waals surface area contributed by atoms with Crippen LogP contribution in [0.5, 0.6) is 0 Å². The van der Waals surface area contributed by atoms with E-state index in [0.29, 0.717) is 6.42 Å². The third-order valence-electron chi connectivity index (χ3n) is 3.61. The average Bonchev–Trinajstić information content (AvgIpc) is 2.91. The summed E-state index contributed by atoms with van der Waals surface area (Å²) < 4.78 is 24.0. The maximum absolute atomic E-state index is 12.8. The van der Waals surface area contributed by atoms with Crippen molar-refractivity contribution in [1.29, 1.82) is 0 Å². The number of halogens is 1. The second kappa shape index (κ2) is 4.35. The van der Waals surface area contributed by atoms with Crippen molar-refractivity contribution in [3.8, 4) is 0 Å². The van der Waals surface area contributed by atoms with Gasteiger partial charge in [0.15, 0.2) is 6.10 Å². The van der Waals surface area contributed by atoms with Crippen molar-refractivity contribution in [1.82, 2.24) is 0 Å². The van der Waals surface area contributed by atoms with Crippen LogP contribution in [0.3, 0.4) is 0 Å². The topological polar surface area (TPSA) is 35.5 Å². The summed E-state index contributed by atoms with van der Waals surface area (Å²) >= 11 is 0. The fraction of sp³-hybridized carbons (Fsp3) is 0.500. The highest BCUT2D eigenvalue weighted by atomic mass is 19.1. The lowest BCUT2D eigenvalue weighted by molar-refractivity contribution is -0.173. The van der Waals surface area contributed by atoms with Crippen LogP contribution in [-0.2, 0) is 20.7 Å². The summed E-state index contributed by atoms with van der Waals surface area (Å²) in [6.45, 7) is 0. The Balaban J connectivity index is 1.70. The van der Waals surface area contributed by atoms with E-state index in [4.69, 9.17) is 9.47 Å². The maximum atomic E-state index is 12.8. The number of benzene rings is 1. The van der Waals surface area contributed by atoms with Crippen LogP contribution in [0, 0.1) is 5.82 Å². The van der Waals surface area contributed by atoms with Crippen LogP contribution in [0.15, 0.2) is 24.3 Å². The first-order valence-corrected chi connectivity index (χ1v) is 6.32. The number of hydrogen-bond acceptors (Lipinski definition) is 3. The van der Waals surface area contributed by atoms with Crippen LogP contribution in [0.25, 0.3) is 0 Å². The van der Waals surface area contributed by atoms with Crippen LogP contribution in [0.2, 0.25) is 0 Å². The molecular formula is C14H15FO3. The van der Waals surface area contributed by atoms with Crippen LogP contribution < -0.4 is 0 Å². The number of rotatable bonds is 2. The molecule has 0 amide bonds. The van der Waals surface area contributed by atoms with Crippen LogP contribution >= 0.6 is 0 Å². The Hall–Kier alpha value is -1.42. The van der Waals surface area contributed by atoms with E-state index in [1.807, 2.05) is 0 Å². The highest BCUT2D eigenvalue weighted by Crippen LogP contribution is 2.40. The van der Waals surface area contributed by atoms with E-state index < -0.39 is 11.9 Å². The monoisotopic (exact) mass is 250 g/mol. The highest BCUT2D eigenvalue weighted by Gasteiger charge is 2.49. The van der Waals surface area contributed by atoms with E-state index >= 15 is 0 Å². The molecule has 3 rings (SSSR count). The molecule has 1 heterocycles. The zero-order valence-electron chi connectivity index (χ0n) is 10.0. The van der Waals surface area contributed by atoms with Gasteiger partial charge >= 0.3 is 5.97 Å². The largest absolute Gasteiger partial charge is 0.431 e. The average molecular weight is 250 g/mol. The zero-order valence-corrected chi connectivity index (χ0v) is 10.0. The first-order chi connectivity index (χ1) is 8.67. The van der Waals surface area contributed by atoms with E-state index in [-0.39, 0.29) is 11.8 Å². The Morgan fingerprint density at radius 1 is 1.22 bits per heavy atom. The van der Waals surface area contributed by atoms with Gasteiger partial charge in [-0.3, -0.25) is 0 Å². The second-order valence-corrected chi connectivity index (χ2v) is 4.98. The van der Waals surface area contributed by atoms with Crippen LogP contribution in [0.4, 0.5) is 4.39 Å². The molecule has 0 bridgehead atoms. The Labute approximate surface area is 105 Å². The van der Waals surface area contributed by atoms with E-state index in [1.54, 1.807) is 12.1 Å². The molecule has 3 nitrogen and oxygen atoms in total. The minimum Gasteiger partial charge on any atom is -0.431 e. The third-order valence-corrected chi connectivity index (χ3v) is 3.61. The summed E-state index contributed by atoms with van der Waals surface area (Å²) in [4.78, 5) is 11.8. The van der Waals surface area contributed by atoms with Crippen molar-refractivity contribution >= 4 is 5.97 Å². The van der Waals surface area contributed by atoms with E-state index in [1.165, 1.54) is 12.1 Å². The van der Waals surface area contributed by atoms with Crippen molar-refractivity contribution < 1.29 is 18.7 Å². The van der Waals surface area contributed by atoms with E-state index in [0.717, 1.165) is 31.2 Å². The summed E-state index contributed by atoms with van der Waals surface area (Å²) in [5.74, 6) is -1.23. The van der Waals surface area contributed by atoms with E-state index in [2.05, 4.69) is 0 Å². The molecule has 1 atom stereocenters.